The predicted octanol–water partition coefficient (Wildman–Crippen LogP) is 0.392. The van der Waals surface area contributed by atoms with Gasteiger partial charge in [0.25, 0.3) is 0 Å². The number of carbonyl (C=O) groups is 1. The smallest absolute Gasteiger partial charge is 0.241 e. The highest BCUT2D eigenvalue weighted by Gasteiger charge is 2.13. The summed E-state index contributed by atoms with van der Waals surface area (Å²) in [6.07, 6.45) is 1.99. The molecule has 0 spiro atoms. The van der Waals surface area contributed by atoms with Gasteiger partial charge < -0.3 is 20.5 Å². The summed E-state index contributed by atoms with van der Waals surface area (Å²) in [4.78, 5) is 15.6. The number of hydrogen-bond donors (Lipinski definition) is 2. The lowest BCUT2D eigenvalue weighted by Crippen LogP contribution is -2.36. The maximum absolute atomic E-state index is 11.6. The monoisotopic (exact) mass is 239 g/mol. The van der Waals surface area contributed by atoms with E-state index in [-0.39, 0.29) is 5.91 Å². The number of ether oxygens (including phenoxy) is 2. The van der Waals surface area contributed by atoms with Crippen molar-refractivity contribution in [2.75, 3.05) is 26.1 Å². The van der Waals surface area contributed by atoms with Gasteiger partial charge in [-0.25, -0.2) is 4.98 Å². The third kappa shape index (κ3) is 4.38. The molecule has 1 atom stereocenters. The molecule has 94 valence electrons. The number of aromatic nitrogens is 1. The largest absolute Gasteiger partial charge is 0.481 e. The molecule has 6 nitrogen and oxygen atoms in total. The van der Waals surface area contributed by atoms with Crippen molar-refractivity contribution in [2.24, 2.45) is 5.73 Å². The SMILES string of the molecule is COCCC(N)C(=O)Nc1ccc(OC)nc1. The van der Waals surface area contributed by atoms with Crippen LogP contribution >= 0.6 is 0 Å². The summed E-state index contributed by atoms with van der Waals surface area (Å²) in [6.45, 7) is 0.454. The minimum Gasteiger partial charge on any atom is -0.481 e. The van der Waals surface area contributed by atoms with Crippen LogP contribution in [0.4, 0.5) is 5.69 Å². The molecule has 0 aliphatic heterocycles. The normalized spacial score (nSPS) is 11.9. The lowest BCUT2D eigenvalue weighted by molar-refractivity contribution is -0.117. The first-order chi connectivity index (χ1) is 8.17. The number of amides is 1. The number of hydrogen-bond acceptors (Lipinski definition) is 5. The summed E-state index contributed by atoms with van der Waals surface area (Å²) in [5.41, 5.74) is 6.26. The van der Waals surface area contributed by atoms with Crippen LogP contribution in [0, 0.1) is 0 Å². The molecule has 0 saturated carbocycles. The quantitative estimate of drug-likeness (QED) is 0.750. The average molecular weight is 239 g/mol. The van der Waals surface area contributed by atoms with Crippen molar-refractivity contribution in [3.8, 4) is 5.88 Å². The predicted molar refractivity (Wildman–Crippen MR) is 63.9 cm³/mol. The van der Waals surface area contributed by atoms with Crippen LogP contribution < -0.4 is 15.8 Å². The standard InChI is InChI=1S/C11H17N3O3/c1-16-6-5-9(12)11(15)14-8-3-4-10(17-2)13-7-8/h3-4,7,9H,5-6,12H2,1-2H3,(H,14,15). The lowest BCUT2D eigenvalue weighted by atomic mass is 10.2. The van der Waals surface area contributed by atoms with E-state index in [4.69, 9.17) is 15.2 Å². The van der Waals surface area contributed by atoms with Gasteiger partial charge in [-0.15, -0.1) is 0 Å². The molecule has 1 amide bonds. The van der Waals surface area contributed by atoms with Crippen molar-refractivity contribution in [1.29, 1.82) is 0 Å². The topological polar surface area (TPSA) is 86.5 Å². The molecule has 1 aromatic heterocycles. The number of pyridine rings is 1. The highest BCUT2D eigenvalue weighted by Crippen LogP contribution is 2.11. The van der Waals surface area contributed by atoms with Crippen LogP contribution in [0.1, 0.15) is 6.42 Å². The fourth-order valence-corrected chi connectivity index (χ4v) is 1.19. The number of nitrogens with zero attached hydrogens (tertiary/aromatic N) is 1. The first kappa shape index (κ1) is 13.4. The number of methoxy groups -OCH3 is 2. The zero-order valence-corrected chi connectivity index (χ0v) is 9.97. The average Bonchev–Trinajstić information content (AvgIpc) is 2.36. The maximum Gasteiger partial charge on any atom is 0.241 e. The summed E-state index contributed by atoms with van der Waals surface area (Å²) >= 11 is 0. The summed E-state index contributed by atoms with van der Waals surface area (Å²) in [7, 11) is 3.10. The van der Waals surface area contributed by atoms with Gasteiger partial charge in [-0.2, -0.15) is 0 Å². The Morgan fingerprint density at radius 1 is 1.53 bits per heavy atom. The fraction of sp³-hybridized carbons (Fsp3) is 0.455. The molecule has 0 aliphatic rings. The zero-order chi connectivity index (χ0) is 12.7. The Bertz CT molecular complexity index is 353. The second kappa shape index (κ2) is 6.82. The van der Waals surface area contributed by atoms with Crippen LogP contribution in [0.15, 0.2) is 18.3 Å². The van der Waals surface area contributed by atoms with Gasteiger partial charge in [-0.05, 0) is 12.5 Å². The van der Waals surface area contributed by atoms with Gasteiger partial charge in [0, 0.05) is 19.8 Å². The van der Waals surface area contributed by atoms with Crippen molar-refractivity contribution in [1.82, 2.24) is 4.98 Å². The van der Waals surface area contributed by atoms with E-state index in [0.717, 1.165) is 0 Å². The van der Waals surface area contributed by atoms with Gasteiger partial charge in [0.15, 0.2) is 0 Å². The Balaban J connectivity index is 2.49. The fourth-order valence-electron chi connectivity index (χ4n) is 1.19. The number of nitrogens with two attached hydrogens (primary N) is 1. The molecule has 1 unspecified atom stereocenters. The van der Waals surface area contributed by atoms with Gasteiger partial charge in [-0.3, -0.25) is 4.79 Å². The molecule has 0 aromatic carbocycles. The molecule has 17 heavy (non-hydrogen) atoms. The Labute approximate surface area is 100 Å². The molecule has 0 aliphatic carbocycles. The summed E-state index contributed by atoms with van der Waals surface area (Å²) in [6, 6.07) is 2.78. The van der Waals surface area contributed by atoms with Crippen LogP contribution in [0.25, 0.3) is 0 Å². The van der Waals surface area contributed by atoms with Crippen LogP contribution in [-0.4, -0.2) is 37.8 Å². The maximum atomic E-state index is 11.6. The van der Waals surface area contributed by atoms with E-state index >= 15 is 0 Å². The van der Waals surface area contributed by atoms with Gasteiger partial charge >= 0.3 is 0 Å². The van der Waals surface area contributed by atoms with E-state index in [0.29, 0.717) is 24.6 Å². The van der Waals surface area contributed by atoms with E-state index in [2.05, 4.69) is 10.3 Å². The Hall–Kier alpha value is -1.66. The highest BCUT2D eigenvalue weighted by atomic mass is 16.5. The first-order valence-corrected chi connectivity index (χ1v) is 5.22. The van der Waals surface area contributed by atoms with Crippen molar-refractivity contribution in [3.63, 3.8) is 0 Å². The Kier molecular flexibility index (Phi) is 5.38. The Morgan fingerprint density at radius 2 is 2.29 bits per heavy atom. The number of rotatable bonds is 6. The second-order valence-corrected chi connectivity index (χ2v) is 3.47. The van der Waals surface area contributed by atoms with Crippen LogP contribution in [0.2, 0.25) is 0 Å². The van der Waals surface area contributed by atoms with Gasteiger partial charge in [-0.1, -0.05) is 0 Å². The van der Waals surface area contributed by atoms with E-state index < -0.39 is 6.04 Å². The van der Waals surface area contributed by atoms with E-state index in [1.165, 1.54) is 13.3 Å². The molecule has 0 radical (unpaired) electrons. The summed E-state index contributed by atoms with van der Waals surface area (Å²) < 4.78 is 9.76. The number of nitrogens with one attached hydrogen (secondary N) is 1. The Morgan fingerprint density at radius 3 is 2.82 bits per heavy atom. The van der Waals surface area contributed by atoms with E-state index in [1.54, 1.807) is 19.2 Å². The number of anilines is 1. The molecule has 1 rings (SSSR count). The van der Waals surface area contributed by atoms with Crippen molar-refractivity contribution in [2.45, 2.75) is 12.5 Å². The van der Waals surface area contributed by atoms with Crippen molar-refractivity contribution < 1.29 is 14.3 Å². The van der Waals surface area contributed by atoms with Crippen LogP contribution in [-0.2, 0) is 9.53 Å². The minimum atomic E-state index is -0.586. The molecule has 0 fully saturated rings. The third-order valence-electron chi connectivity index (χ3n) is 2.18. The zero-order valence-electron chi connectivity index (χ0n) is 9.97. The molecule has 3 N–H and O–H groups in total. The third-order valence-corrected chi connectivity index (χ3v) is 2.18. The van der Waals surface area contributed by atoms with Gasteiger partial charge in [0.2, 0.25) is 11.8 Å². The lowest BCUT2D eigenvalue weighted by Gasteiger charge is -2.11. The molecule has 0 saturated heterocycles. The van der Waals surface area contributed by atoms with Crippen molar-refractivity contribution >= 4 is 11.6 Å². The second-order valence-electron chi connectivity index (χ2n) is 3.47. The van der Waals surface area contributed by atoms with E-state index in [1.807, 2.05) is 0 Å². The molecule has 1 aromatic rings. The molecular formula is C11H17N3O3. The molecule has 1 heterocycles. The molecular weight excluding hydrogens is 222 g/mol. The summed E-state index contributed by atoms with van der Waals surface area (Å²) in [5.74, 6) is 0.237. The van der Waals surface area contributed by atoms with Crippen molar-refractivity contribution in [3.05, 3.63) is 18.3 Å². The summed E-state index contributed by atoms with van der Waals surface area (Å²) in [5, 5.41) is 2.66. The number of carbonyl (C=O) groups excluding carboxylic acids is 1. The molecule has 6 heteroatoms. The van der Waals surface area contributed by atoms with Gasteiger partial charge in [0.1, 0.15) is 0 Å². The highest BCUT2D eigenvalue weighted by molar-refractivity contribution is 5.94. The van der Waals surface area contributed by atoms with E-state index in [9.17, 15) is 4.79 Å². The van der Waals surface area contributed by atoms with Crippen LogP contribution in [0.3, 0.4) is 0 Å². The first-order valence-electron chi connectivity index (χ1n) is 5.22. The molecule has 0 bridgehead atoms. The minimum absolute atomic E-state index is 0.256. The van der Waals surface area contributed by atoms with Gasteiger partial charge in [0.05, 0.1) is 25.0 Å². The van der Waals surface area contributed by atoms with Crippen LogP contribution in [0.5, 0.6) is 5.88 Å².